The molecule has 7 heteroatoms. The minimum atomic E-state index is -0.267. The lowest BCUT2D eigenvalue weighted by atomic mass is 10.2. The second-order valence-electron chi connectivity index (χ2n) is 6.07. The van der Waals surface area contributed by atoms with Crippen LogP contribution in [0.25, 0.3) is 16.2 Å². The number of amides is 1. The zero-order valence-corrected chi connectivity index (χ0v) is 15.9. The van der Waals surface area contributed by atoms with Crippen LogP contribution in [0, 0.1) is 5.82 Å². The number of imidazole rings is 1. The molecule has 0 fully saturated rings. The quantitative estimate of drug-likeness (QED) is 0.659. The minimum absolute atomic E-state index is 0.00823. The van der Waals surface area contributed by atoms with E-state index in [1.54, 1.807) is 12.1 Å². The fourth-order valence-electron chi connectivity index (χ4n) is 2.84. The lowest BCUT2D eigenvalue weighted by Crippen LogP contribution is -2.35. The second kappa shape index (κ2) is 8.42. The Balaban J connectivity index is 1.65. The number of hydrogen-bond acceptors (Lipinski definition) is 4. The highest BCUT2D eigenvalue weighted by Crippen LogP contribution is 2.24. The van der Waals surface area contributed by atoms with Gasteiger partial charge >= 0.3 is 0 Å². The van der Waals surface area contributed by atoms with Gasteiger partial charge in [0.15, 0.2) is 4.96 Å². The highest BCUT2D eigenvalue weighted by atomic mass is 32.1. The van der Waals surface area contributed by atoms with Gasteiger partial charge in [0, 0.05) is 35.9 Å². The summed E-state index contributed by atoms with van der Waals surface area (Å²) in [5.74, 6) is -0.259. The largest absolute Gasteiger partial charge is 0.354 e. The lowest BCUT2D eigenvalue weighted by molar-refractivity contribution is -0.120. The van der Waals surface area contributed by atoms with Crippen LogP contribution in [0.3, 0.4) is 0 Å². The molecule has 1 amide bonds. The number of fused-ring (bicyclic) bond motifs is 1. The number of thiazole rings is 1. The molecule has 26 heavy (non-hydrogen) atoms. The van der Waals surface area contributed by atoms with Gasteiger partial charge in [-0.2, -0.15) is 0 Å². The van der Waals surface area contributed by atoms with Gasteiger partial charge in [0.25, 0.3) is 0 Å². The van der Waals surface area contributed by atoms with Crippen LogP contribution < -0.4 is 5.32 Å². The number of halogens is 1. The molecule has 0 unspecified atom stereocenters. The van der Waals surface area contributed by atoms with E-state index in [-0.39, 0.29) is 11.7 Å². The molecule has 2 aromatic heterocycles. The molecular formula is C19H23FN4OS. The van der Waals surface area contributed by atoms with Crippen molar-refractivity contribution in [3.05, 3.63) is 47.4 Å². The van der Waals surface area contributed by atoms with E-state index in [1.165, 1.54) is 23.5 Å². The first-order valence-electron chi connectivity index (χ1n) is 8.81. The number of carbonyl (C=O) groups excluding carboxylic acids is 1. The molecule has 0 saturated heterocycles. The van der Waals surface area contributed by atoms with Crippen molar-refractivity contribution < 1.29 is 9.18 Å². The van der Waals surface area contributed by atoms with Crippen molar-refractivity contribution >= 4 is 22.2 Å². The second-order valence-corrected chi connectivity index (χ2v) is 6.90. The maximum Gasteiger partial charge on any atom is 0.226 e. The number of aromatic nitrogens is 2. The maximum atomic E-state index is 13.1. The molecule has 0 aliphatic heterocycles. The summed E-state index contributed by atoms with van der Waals surface area (Å²) in [4.78, 5) is 19.9. The van der Waals surface area contributed by atoms with Gasteiger partial charge in [-0.1, -0.05) is 13.8 Å². The van der Waals surface area contributed by atoms with Crippen LogP contribution in [0.2, 0.25) is 0 Å². The minimum Gasteiger partial charge on any atom is -0.354 e. The van der Waals surface area contributed by atoms with Gasteiger partial charge in [-0.15, -0.1) is 11.3 Å². The van der Waals surface area contributed by atoms with E-state index in [0.717, 1.165) is 41.5 Å². The van der Waals surface area contributed by atoms with E-state index in [4.69, 9.17) is 0 Å². The molecule has 1 aromatic carbocycles. The zero-order valence-electron chi connectivity index (χ0n) is 15.0. The summed E-state index contributed by atoms with van der Waals surface area (Å²) in [6.45, 7) is 7.71. The molecule has 0 saturated carbocycles. The third-order valence-corrected chi connectivity index (χ3v) is 5.30. The molecule has 0 spiro atoms. The van der Waals surface area contributed by atoms with Crippen LogP contribution in [0.15, 0.2) is 35.8 Å². The van der Waals surface area contributed by atoms with E-state index in [9.17, 15) is 9.18 Å². The smallest absolute Gasteiger partial charge is 0.226 e. The maximum absolute atomic E-state index is 13.1. The van der Waals surface area contributed by atoms with Gasteiger partial charge < -0.3 is 10.2 Å². The molecule has 0 aliphatic carbocycles. The van der Waals surface area contributed by atoms with Crippen LogP contribution in [-0.2, 0) is 11.2 Å². The first-order valence-corrected chi connectivity index (χ1v) is 9.69. The highest BCUT2D eigenvalue weighted by Gasteiger charge is 2.12. The van der Waals surface area contributed by atoms with Crippen LogP contribution in [0.5, 0.6) is 0 Å². The van der Waals surface area contributed by atoms with Crippen LogP contribution in [-0.4, -0.2) is 46.4 Å². The molecule has 2 heterocycles. The molecule has 0 bridgehead atoms. The summed E-state index contributed by atoms with van der Waals surface area (Å²) in [6, 6.07) is 6.27. The average Bonchev–Trinajstić information content (AvgIpc) is 3.21. The molecule has 0 aliphatic rings. The van der Waals surface area contributed by atoms with Crippen molar-refractivity contribution in [3.63, 3.8) is 0 Å². The molecule has 3 rings (SSSR count). The summed E-state index contributed by atoms with van der Waals surface area (Å²) >= 11 is 1.50. The van der Waals surface area contributed by atoms with Gasteiger partial charge in [0.2, 0.25) is 5.91 Å². The average molecular weight is 374 g/mol. The Hall–Kier alpha value is -2.25. The number of rotatable bonds is 8. The van der Waals surface area contributed by atoms with Crippen molar-refractivity contribution in [1.29, 1.82) is 0 Å². The molecule has 5 nitrogen and oxygen atoms in total. The topological polar surface area (TPSA) is 49.6 Å². The van der Waals surface area contributed by atoms with E-state index < -0.39 is 0 Å². The van der Waals surface area contributed by atoms with Gasteiger partial charge in [-0.05, 0) is 37.4 Å². The summed E-state index contributed by atoms with van der Waals surface area (Å²) in [5.41, 5.74) is 2.54. The Morgan fingerprint density at radius 1 is 1.27 bits per heavy atom. The number of benzene rings is 1. The van der Waals surface area contributed by atoms with Crippen LogP contribution in [0.1, 0.15) is 19.5 Å². The summed E-state index contributed by atoms with van der Waals surface area (Å²) in [6.07, 6.45) is 2.22. The predicted octanol–water partition coefficient (Wildman–Crippen LogP) is 3.20. The molecule has 1 N–H and O–H groups in total. The van der Waals surface area contributed by atoms with Crippen molar-refractivity contribution in [3.8, 4) is 11.3 Å². The SMILES string of the molecule is CCN(CC)CCNC(=O)Cc1csc2nc(-c3ccc(F)cc3)cn12. The zero-order chi connectivity index (χ0) is 18.5. The van der Waals surface area contributed by atoms with Gasteiger partial charge in [-0.3, -0.25) is 9.20 Å². The number of hydrogen-bond donors (Lipinski definition) is 1. The highest BCUT2D eigenvalue weighted by molar-refractivity contribution is 7.15. The summed E-state index contributed by atoms with van der Waals surface area (Å²) in [7, 11) is 0. The first kappa shape index (κ1) is 18.5. The van der Waals surface area contributed by atoms with Gasteiger partial charge in [0.05, 0.1) is 12.1 Å². The van der Waals surface area contributed by atoms with Crippen molar-refractivity contribution in [2.75, 3.05) is 26.2 Å². The van der Waals surface area contributed by atoms with Crippen molar-refractivity contribution in [2.45, 2.75) is 20.3 Å². The van der Waals surface area contributed by atoms with E-state index in [2.05, 4.69) is 29.0 Å². The van der Waals surface area contributed by atoms with Crippen LogP contribution >= 0.6 is 11.3 Å². The van der Waals surface area contributed by atoms with Crippen molar-refractivity contribution in [1.82, 2.24) is 19.6 Å². The number of likely N-dealkylation sites (N-methyl/N-ethyl adjacent to an activating group) is 1. The van der Waals surface area contributed by atoms with Crippen LogP contribution in [0.4, 0.5) is 4.39 Å². The third kappa shape index (κ3) is 4.28. The van der Waals surface area contributed by atoms with E-state index in [1.807, 2.05) is 16.0 Å². The molecule has 138 valence electrons. The first-order chi connectivity index (χ1) is 12.6. The molecular weight excluding hydrogens is 351 g/mol. The van der Waals surface area contributed by atoms with Crippen molar-refractivity contribution in [2.24, 2.45) is 0 Å². The normalized spacial score (nSPS) is 11.4. The van der Waals surface area contributed by atoms with E-state index in [0.29, 0.717) is 13.0 Å². The fraction of sp³-hybridized carbons (Fsp3) is 0.368. The van der Waals surface area contributed by atoms with Gasteiger partial charge in [0.1, 0.15) is 5.82 Å². The van der Waals surface area contributed by atoms with E-state index >= 15 is 0 Å². The molecule has 0 radical (unpaired) electrons. The summed E-state index contributed by atoms with van der Waals surface area (Å²) in [5, 5.41) is 4.94. The predicted molar refractivity (Wildman–Crippen MR) is 103 cm³/mol. The Kier molecular flexibility index (Phi) is 6.00. The molecule has 3 aromatic rings. The Bertz CT molecular complexity index is 867. The van der Waals surface area contributed by atoms with Gasteiger partial charge in [-0.25, -0.2) is 9.37 Å². The molecule has 0 atom stereocenters. The summed E-state index contributed by atoms with van der Waals surface area (Å²) < 4.78 is 15.0. The number of nitrogens with one attached hydrogen (secondary N) is 1. The Morgan fingerprint density at radius 2 is 2.00 bits per heavy atom. The third-order valence-electron chi connectivity index (χ3n) is 4.41. The fourth-order valence-corrected chi connectivity index (χ4v) is 3.71. The Labute approximate surface area is 156 Å². The lowest BCUT2D eigenvalue weighted by Gasteiger charge is -2.17. The number of carbonyl (C=O) groups is 1. The monoisotopic (exact) mass is 374 g/mol. The number of nitrogens with zero attached hydrogens (tertiary/aromatic N) is 3. The standard InChI is InChI=1S/C19H23FN4OS/c1-3-23(4-2)10-9-21-18(25)11-16-13-26-19-22-17(12-24(16)19)14-5-7-15(20)8-6-14/h5-8,12-13H,3-4,9-11H2,1-2H3,(H,21,25). The Morgan fingerprint density at radius 3 is 2.69 bits per heavy atom.